The summed E-state index contributed by atoms with van der Waals surface area (Å²) in [6.07, 6.45) is 2.78. The number of hydrogen-bond acceptors (Lipinski definition) is 3. The van der Waals surface area contributed by atoms with Gasteiger partial charge in [-0.3, -0.25) is 9.98 Å². The molecule has 0 aliphatic carbocycles. The van der Waals surface area contributed by atoms with E-state index in [4.69, 9.17) is 5.73 Å². The Kier molecular flexibility index (Phi) is 4.69. The van der Waals surface area contributed by atoms with E-state index in [1.807, 2.05) is 0 Å². The predicted octanol–water partition coefficient (Wildman–Crippen LogP) is 1.76. The molecule has 1 aliphatic heterocycles. The SMILES string of the molecule is C=N/C=C1/CPN(C(C)C)/C1=N/CC(=C)N. The van der Waals surface area contributed by atoms with E-state index >= 15 is 0 Å². The Bertz CT molecular complexity index is 344. The van der Waals surface area contributed by atoms with Gasteiger partial charge in [-0.2, -0.15) is 0 Å². The minimum Gasteiger partial charge on any atom is -0.401 e. The van der Waals surface area contributed by atoms with Crippen LogP contribution in [0.1, 0.15) is 13.8 Å². The summed E-state index contributed by atoms with van der Waals surface area (Å²) in [5, 5.41) is 0. The second-order valence-corrected chi connectivity index (χ2v) is 5.09. The van der Waals surface area contributed by atoms with E-state index in [9.17, 15) is 0 Å². The number of aliphatic imine (C=N–C) groups is 2. The molecule has 0 radical (unpaired) electrons. The lowest BCUT2D eigenvalue weighted by atomic mass is 10.2. The summed E-state index contributed by atoms with van der Waals surface area (Å²) in [5.41, 5.74) is 7.26. The minimum absolute atomic E-state index is 0.443. The highest BCUT2D eigenvalue weighted by Crippen LogP contribution is 2.35. The van der Waals surface area contributed by atoms with Gasteiger partial charge in [0.2, 0.25) is 0 Å². The van der Waals surface area contributed by atoms with E-state index in [1.54, 1.807) is 6.20 Å². The zero-order chi connectivity index (χ0) is 12.1. The van der Waals surface area contributed by atoms with Gasteiger partial charge >= 0.3 is 0 Å². The molecular weight excluding hydrogens is 219 g/mol. The monoisotopic (exact) mass is 238 g/mol. The fourth-order valence-corrected chi connectivity index (χ4v) is 2.79. The summed E-state index contributed by atoms with van der Waals surface area (Å²) in [7, 11) is 0.730. The van der Waals surface area contributed by atoms with Gasteiger partial charge in [-0.25, -0.2) is 0 Å². The second-order valence-electron chi connectivity index (χ2n) is 3.93. The smallest absolute Gasteiger partial charge is 0.132 e. The van der Waals surface area contributed by atoms with Crippen LogP contribution in [0.5, 0.6) is 0 Å². The van der Waals surface area contributed by atoms with Crippen molar-refractivity contribution in [1.29, 1.82) is 0 Å². The molecule has 1 rings (SSSR count). The third-order valence-electron chi connectivity index (χ3n) is 2.15. The van der Waals surface area contributed by atoms with Crippen molar-refractivity contribution < 1.29 is 0 Å². The lowest BCUT2D eigenvalue weighted by Crippen LogP contribution is -2.26. The van der Waals surface area contributed by atoms with Gasteiger partial charge in [-0.05, 0) is 29.3 Å². The number of rotatable bonds is 4. The lowest BCUT2D eigenvalue weighted by Gasteiger charge is -2.22. The Labute approximate surface area is 98.9 Å². The maximum absolute atomic E-state index is 5.54. The van der Waals surface area contributed by atoms with E-state index < -0.39 is 0 Å². The molecule has 16 heavy (non-hydrogen) atoms. The van der Waals surface area contributed by atoms with Gasteiger partial charge in [0.15, 0.2) is 0 Å². The highest BCUT2D eigenvalue weighted by Gasteiger charge is 2.25. The molecule has 4 nitrogen and oxygen atoms in total. The molecule has 2 N–H and O–H groups in total. The maximum atomic E-state index is 5.54. The van der Waals surface area contributed by atoms with E-state index in [0.717, 1.165) is 26.3 Å². The van der Waals surface area contributed by atoms with Crippen LogP contribution in [0.25, 0.3) is 0 Å². The summed E-state index contributed by atoms with van der Waals surface area (Å²) < 4.78 is 2.28. The molecule has 1 saturated heterocycles. The fraction of sp³-hybridized carbons (Fsp3) is 0.455. The number of hydrogen-bond donors (Lipinski definition) is 1. The van der Waals surface area contributed by atoms with Crippen LogP contribution >= 0.6 is 8.73 Å². The molecule has 0 aromatic heterocycles. The van der Waals surface area contributed by atoms with Crippen molar-refractivity contribution in [3.05, 3.63) is 24.0 Å². The Morgan fingerprint density at radius 1 is 1.69 bits per heavy atom. The molecule has 5 heteroatoms. The van der Waals surface area contributed by atoms with Crippen molar-refractivity contribution in [2.24, 2.45) is 15.7 Å². The summed E-state index contributed by atoms with van der Waals surface area (Å²) in [6.45, 7) is 11.9. The minimum atomic E-state index is 0.443. The van der Waals surface area contributed by atoms with Crippen LogP contribution in [0.15, 0.2) is 34.0 Å². The van der Waals surface area contributed by atoms with Gasteiger partial charge in [0.1, 0.15) is 5.84 Å². The van der Waals surface area contributed by atoms with Crippen molar-refractivity contribution >= 4 is 21.3 Å². The topological polar surface area (TPSA) is 54.0 Å². The van der Waals surface area contributed by atoms with Gasteiger partial charge < -0.3 is 10.4 Å². The molecule has 0 saturated carbocycles. The molecule has 0 spiro atoms. The molecule has 0 aromatic rings. The molecule has 0 amide bonds. The molecule has 1 heterocycles. The first-order valence-corrected chi connectivity index (χ1v) is 6.37. The first kappa shape index (κ1) is 12.9. The van der Waals surface area contributed by atoms with Crippen LogP contribution < -0.4 is 5.73 Å². The van der Waals surface area contributed by atoms with Crippen LogP contribution in [0.3, 0.4) is 0 Å². The number of nitrogens with zero attached hydrogens (tertiary/aromatic N) is 3. The zero-order valence-corrected chi connectivity index (χ0v) is 10.9. The summed E-state index contributed by atoms with van der Waals surface area (Å²) in [6, 6.07) is 0.443. The fourth-order valence-electron chi connectivity index (χ4n) is 1.47. The van der Waals surface area contributed by atoms with E-state index in [-0.39, 0.29) is 0 Å². The van der Waals surface area contributed by atoms with Crippen LogP contribution in [-0.2, 0) is 0 Å². The van der Waals surface area contributed by atoms with Gasteiger partial charge in [-0.15, -0.1) is 0 Å². The molecule has 1 unspecified atom stereocenters. The van der Waals surface area contributed by atoms with Crippen molar-refractivity contribution in [3.8, 4) is 0 Å². The molecule has 0 bridgehead atoms. The third-order valence-corrected chi connectivity index (χ3v) is 3.76. The highest BCUT2D eigenvalue weighted by atomic mass is 31.1. The van der Waals surface area contributed by atoms with Crippen LogP contribution in [0.4, 0.5) is 0 Å². The predicted molar refractivity (Wildman–Crippen MR) is 73.4 cm³/mol. The first-order valence-electron chi connectivity index (χ1n) is 5.22. The van der Waals surface area contributed by atoms with Crippen molar-refractivity contribution in [3.63, 3.8) is 0 Å². The Morgan fingerprint density at radius 2 is 2.38 bits per heavy atom. The zero-order valence-electron chi connectivity index (χ0n) is 9.90. The average molecular weight is 238 g/mol. The van der Waals surface area contributed by atoms with Crippen molar-refractivity contribution in [2.75, 3.05) is 12.7 Å². The van der Waals surface area contributed by atoms with E-state index in [1.165, 1.54) is 0 Å². The lowest BCUT2D eigenvalue weighted by molar-refractivity contribution is 0.549. The Balaban J connectivity index is 2.92. The highest BCUT2D eigenvalue weighted by molar-refractivity contribution is 7.37. The van der Waals surface area contributed by atoms with E-state index in [0.29, 0.717) is 18.3 Å². The number of amidine groups is 1. The first-order chi connectivity index (χ1) is 7.56. The quantitative estimate of drug-likeness (QED) is 0.599. The molecular formula is C11H19N4P. The Morgan fingerprint density at radius 3 is 2.88 bits per heavy atom. The molecule has 1 aliphatic rings. The van der Waals surface area contributed by atoms with Gasteiger partial charge in [0, 0.05) is 29.7 Å². The summed E-state index contributed by atoms with van der Waals surface area (Å²) in [4.78, 5) is 8.31. The van der Waals surface area contributed by atoms with Crippen LogP contribution in [0.2, 0.25) is 0 Å². The summed E-state index contributed by atoms with van der Waals surface area (Å²) >= 11 is 0. The van der Waals surface area contributed by atoms with Gasteiger partial charge in [-0.1, -0.05) is 6.58 Å². The van der Waals surface area contributed by atoms with Crippen molar-refractivity contribution in [2.45, 2.75) is 19.9 Å². The molecule has 1 fully saturated rings. The molecule has 88 valence electrons. The van der Waals surface area contributed by atoms with Gasteiger partial charge in [0.05, 0.1) is 6.54 Å². The van der Waals surface area contributed by atoms with Crippen molar-refractivity contribution in [1.82, 2.24) is 4.67 Å². The second kappa shape index (κ2) is 5.80. The normalized spacial score (nSPS) is 22.6. The third kappa shape index (κ3) is 3.17. The molecule has 0 aromatic carbocycles. The summed E-state index contributed by atoms with van der Waals surface area (Å²) in [5.74, 6) is 0.993. The van der Waals surface area contributed by atoms with Gasteiger partial charge in [0.25, 0.3) is 0 Å². The van der Waals surface area contributed by atoms with Crippen LogP contribution in [0, 0.1) is 0 Å². The standard InChI is InChI=1S/C11H19N4P/c1-8(2)15-11(14-5-9(3)12)10(6-13-4)7-16-15/h6,8,16H,3-5,7,12H2,1-2H3/b10-6-,14-11+. The Hall–Kier alpha value is -1.15. The largest absolute Gasteiger partial charge is 0.401 e. The number of nitrogens with two attached hydrogens (primary N) is 1. The van der Waals surface area contributed by atoms with Crippen LogP contribution in [-0.4, -0.2) is 36.0 Å². The van der Waals surface area contributed by atoms with E-state index in [2.05, 4.69) is 41.8 Å². The average Bonchev–Trinajstić information content (AvgIpc) is 2.58. The maximum Gasteiger partial charge on any atom is 0.132 e. The molecule has 1 atom stereocenters.